The summed E-state index contributed by atoms with van der Waals surface area (Å²) >= 11 is 0. The SMILES string of the molecule is CCN(CC)C1CCN(C(=NCc2nnc(C)n2C)NC2CCCC2)C1.I. The van der Waals surface area contributed by atoms with Crippen molar-refractivity contribution < 1.29 is 0 Å². The third-order valence-corrected chi connectivity index (χ3v) is 6.03. The van der Waals surface area contributed by atoms with E-state index in [2.05, 4.69) is 39.2 Å². The van der Waals surface area contributed by atoms with Gasteiger partial charge in [-0.05, 0) is 39.3 Å². The normalized spacial score (nSPS) is 21.1. The van der Waals surface area contributed by atoms with Gasteiger partial charge in [-0.1, -0.05) is 26.7 Å². The van der Waals surface area contributed by atoms with Crippen LogP contribution < -0.4 is 5.32 Å². The summed E-state index contributed by atoms with van der Waals surface area (Å²) in [4.78, 5) is 9.97. The summed E-state index contributed by atoms with van der Waals surface area (Å²) in [6.07, 6.45) is 6.39. The van der Waals surface area contributed by atoms with E-state index in [0.29, 0.717) is 18.6 Å². The number of aromatic nitrogens is 3. The molecule has 2 fully saturated rings. The van der Waals surface area contributed by atoms with Gasteiger partial charge in [0, 0.05) is 32.2 Å². The third-order valence-electron chi connectivity index (χ3n) is 6.03. The first-order valence-corrected chi connectivity index (χ1v) is 10.3. The molecule has 1 atom stereocenters. The fraction of sp³-hybridized carbons (Fsp3) is 0.842. The van der Waals surface area contributed by atoms with Crippen molar-refractivity contribution in [2.45, 2.75) is 71.5 Å². The predicted octanol–water partition coefficient (Wildman–Crippen LogP) is 2.55. The average Bonchev–Trinajstić information content (AvgIpc) is 3.38. The Morgan fingerprint density at radius 2 is 1.89 bits per heavy atom. The Labute approximate surface area is 181 Å². The average molecular weight is 489 g/mol. The number of hydrogen-bond donors (Lipinski definition) is 1. The van der Waals surface area contributed by atoms with Crippen LogP contribution in [0, 0.1) is 6.92 Å². The maximum Gasteiger partial charge on any atom is 0.194 e. The number of halogens is 1. The van der Waals surface area contributed by atoms with E-state index in [0.717, 1.165) is 43.8 Å². The summed E-state index contributed by atoms with van der Waals surface area (Å²) in [6, 6.07) is 1.21. The van der Waals surface area contributed by atoms with Gasteiger partial charge in [0.1, 0.15) is 12.4 Å². The molecule has 1 unspecified atom stereocenters. The van der Waals surface area contributed by atoms with Crippen LogP contribution in [-0.2, 0) is 13.6 Å². The summed E-state index contributed by atoms with van der Waals surface area (Å²) in [5, 5.41) is 12.2. The molecule has 0 bridgehead atoms. The second-order valence-corrected chi connectivity index (χ2v) is 7.60. The van der Waals surface area contributed by atoms with Crippen LogP contribution in [0.1, 0.15) is 57.6 Å². The number of aryl methyl sites for hydroxylation is 1. The summed E-state index contributed by atoms with van der Waals surface area (Å²) in [5.74, 6) is 2.92. The highest BCUT2D eigenvalue weighted by Crippen LogP contribution is 2.20. The topological polar surface area (TPSA) is 61.6 Å². The number of hydrogen-bond acceptors (Lipinski definition) is 4. The van der Waals surface area contributed by atoms with Crippen LogP contribution in [0.3, 0.4) is 0 Å². The minimum atomic E-state index is 0. The Morgan fingerprint density at radius 1 is 1.19 bits per heavy atom. The van der Waals surface area contributed by atoms with Crippen LogP contribution in [0.15, 0.2) is 4.99 Å². The maximum atomic E-state index is 4.95. The minimum absolute atomic E-state index is 0. The highest BCUT2D eigenvalue weighted by Gasteiger charge is 2.29. The van der Waals surface area contributed by atoms with E-state index in [-0.39, 0.29) is 24.0 Å². The number of nitrogens with zero attached hydrogens (tertiary/aromatic N) is 6. The molecule has 0 radical (unpaired) electrons. The van der Waals surface area contributed by atoms with Crippen molar-refractivity contribution >= 4 is 29.9 Å². The van der Waals surface area contributed by atoms with E-state index in [1.165, 1.54) is 32.1 Å². The third kappa shape index (κ3) is 5.56. The minimum Gasteiger partial charge on any atom is -0.353 e. The highest BCUT2D eigenvalue weighted by molar-refractivity contribution is 14.0. The predicted molar refractivity (Wildman–Crippen MR) is 121 cm³/mol. The van der Waals surface area contributed by atoms with E-state index in [1.807, 2.05) is 18.5 Å². The lowest BCUT2D eigenvalue weighted by atomic mass is 10.2. The monoisotopic (exact) mass is 489 g/mol. The van der Waals surface area contributed by atoms with Crippen LogP contribution in [0.25, 0.3) is 0 Å². The van der Waals surface area contributed by atoms with Crippen molar-refractivity contribution in [2.24, 2.45) is 12.0 Å². The van der Waals surface area contributed by atoms with Gasteiger partial charge in [0.25, 0.3) is 0 Å². The fourth-order valence-corrected chi connectivity index (χ4v) is 4.20. The Balaban J connectivity index is 0.00000261. The highest BCUT2D eigenvalue weighted by atomic mass is 127. The standard InChI is InChI=1S/C19H35N7.HI/c1-5-25(6-2)17-11-12-26(14-17)19(21-16-9-7-8-10-16)20-13-18-23-22-15(3)24(18)4;/h16-17H,5-14H2,1-4H3,(H,20,21);1H. The maximum absolute atomic E-state index is 4.95. The lowest BCUT2D eigenvalue weighted by Gasteiger charge is -2.28. The van der Waals surface area contributed by atoms with E-state index < -0.39 is 0 Å². The van der Waals surface area contributed by atoms with Crippen molar-refractivity contribution in [3.63, 3.8) is 0 Å². The number of likely N-dealkylation sites (tertiary alicyclic amines) is 1. The van der Waals surface area contributed by atoms with Gasteiger partial charge in [0.05, 0.1) is 0 Å². The largest absolute Gasteiger partial charge is 0.353 e. The van der Waals surface area contributed by atoms with Gasteiger partial charge in [0.15, 0.2) is 11.8 Å². The number of guanidine groups is 1. The molecule has 154 valence electrons. The molecule has 27 heavy (non-hydrogen) atoms. The van der Waals surface area contributed by atoms with Crippen molar-refractivity contribution in [3.05, 3.63) is 11.6 Å². The first kappa shape index (κ1) is 22.4. The van der Waals surface area contributed by atoms with Gasteiger partial charge in [-0.15, -0.1) is 34.2 Å². The van der Waals surface area contributed by atoms with Crippen LogP contribution in [0.5, 0.6) is 0 Å². The van der Waals surface area contributed by atoms with Gasteiger partial charge in [-0.2, -0.15) is 0 Å². The molecule has 1 saturated heterocycles. The van der Waals surface area contributed by atoms with Gasteiger partial charge in [0.2, 0.25) is 0 Å². The summed E-state index contributed by atoms with van der Waals surface area (Å²) in [5.41, 5.74) is 0. The van der Waals surface area contributed by atoms with Crippen LogP contribution in [-0.4, -0.2) is 68.8 Å². The van der Waals surface area contributed by atoms with E-state index in [1.54, 1.807) is 0 Å². The molecule has 8 heteroatoms. The molecule has 0 aromatic carbocycles. The second-order valence-electron chi connectivity index (χ2n) is 7.60. The molecule has 3 rings (SSSR count). The number of rotatable bonds is 6. The zero-order chi connectivity index (χ0) is 18.5. The molecule has 1 aliphatic heterocycles. The molecule has 1 saturated carbocycles. The molecule has 1 aromatic rings. The van der Waals surface area contributed by atoms with Crippen LogP contribution in [0.4, 0.5) is 0 Å². The van der Waals surface area contributed by atoms with Gasteiger partial charge in [-0.25, -0.2) is 4.99 Å². The molecular formula is C19H36IN7. The smallest absolute Gasteiger partial charge is 0.194 e. The van der Waals surface area contributed by atoms with E-state index >= 15 is 0 Å². The van der Waals surface area contributed by atoms with Crippen molar-refractivity contribution in [1.82, 2.24) is 29.9 Å². The summed E-state index contributed by atoms with van der Waals surface area (Å²) in [6.45, 7) is 11.5. The van der Waals surface area contributed by atoms with Gasteiger partial charge in [-0.3, -0.25) is 4.90 Å². The van der Waals surface area contributed by atoms with E-state index in [9.17, 15) is 0 Å². The quantitative estimate of drug-likeness (QED) is 0.378. The second kappa shape index (κ2) is 10.6. The van der Waals surface area contributed by atoms with Gasteiger partial charge < -0.3 is 14.8 Å². The number of likely N-dealkylation sites (N-methyl/N-ethyl adjacent to an activating group) is 1. The Kier molecular flexibility index (Phi) is 8.78. The number of aliphatic imine (C=N–C) groups is 1. The fourth-order valence-electron chi connectivity index (χ4n) is 4.20. The van der Waals surface area contributed by atoms with Crippen LogP contribution in [0.2, 0.25) is 0 Å². The summed E-state index contributed by atoms with van der Waals surface area (Å²) < 4.78 is 2.03. The van der Waals surface area contributed by atoms with Gasteiger partial charge >= 0.3 is 0 Å². The zero-order valence-electron chi connectivity index (χ0n) is 17.3. The lowest BCUT2D eigenvalue weighted by molar-refractivity contribution is 0.223. The van der Waals surface area contributed by atoms with Crippen molar-refractivity contribution in [2.75, 3.05) is 26.2 Å². The first-order valence-electron chi connectivity index (χ1n) is 10.3. The van der Waals surface area contributed by atoms with Crippen molar-refractivity contribution in [1.29, 1.82) is 0 Å². The summed E-state index contributed by atoms with van der Waals surface area (Å²) in [7, 11) is 2.01. The van der Waals surface area contributed by atoms with E-state index in [4.69, 9.17) is 4.99 Å². The molecule has 1 N–H and O–H groups in total. The molecular weight excluding hydrogens is 453 g/mol. The molecule has 2 aliphatic rings. The molecule has 1 aliphatic carbocycles. The number of nitrogens with one attached hydrogen (secondary N) is 1. The van der Waals surface area contributed by atoms with Crippen molar-refractivity contribution in [3.8, 4) is 0 Å². The molecule has 0 amide bonds. The van der Waals surface area contributed by atoms with Crippen LogP contribution >= 0.6 is 24.0 Å². The molecule has 2 heterocycles. The Morgan fingerprint density at radius 3 is 2.48 bits per heavy atom. The molecule has 7 nitrogen and oxygen atoms in total. The molecule has 1 aromatic heterocycles. The lowest BCUT2D eigenvalue weighted by Crippen LogP contribution is -2.46. The Hall–Kier alpha value is -0.900. The Bertz CT molecular complexity index is 605. The first-order chi connectivity index (χ1) is 12.6. The zero-order valence-corrected chi connectivity index (χ0v) is 19.6. The molecule has 0 spiro atoms.